The molecule has 0 saturated carbocycles. The lowest BCUT2D eigenvalue weighted by atomic mass is 10.1. The maximum absolute atomic E-state index is 11.6. The summed E-state index contributed by atoms with van der Waals surface area (Å²) in [5.74, 6) is -0.559. The standard InChI is InChI=1S/C12H14O6/c1-15-12(14)10-3-2-9(18-10)7-17-11(13)8-4-5-16-6-8/h2-3,8H,4-7H2,1H3. The van der Waals surface area contributed by atoms with Crippen molar-refractivity contribution < 1.29 is 28.2 Å². The quantitative estimate of drug-likeness (QED) is 0.750. The van der Waals surface area contributed by atoms with Crippen molar-refractivity contribution in [3.63, 3.8) is 0 Å². The predicted octanol–water partition coefficient (Wildman–Crippen LogP) is 1.15. The van der Waals surface area contributed by atoms with Gasteiger partial charge >= 0.3 is 11.9 Å². The fourth-order valence-corrected chi connectivity index (χ4v) is 1.65. The Hall–Kier alpha value is -1.82. The number of hydrogen-bond acceptors (Lipinski definition) is 6. The van der Waals surface area contributed by atoms with Crippen LogP contribution in [0.2, 0.25) is 0 Å². The molecule has 0 radical (unpaired) electrons. The van der Waals surface area contributed by atoms with Gasteiger partial charge in [0.1, 0.15) is 12.4 Å². The molecule has 1 fully saturated rings. The molecule has 0 N–H and O–H groups in total. The number of methoxy groups -OCH3 is 1. The van der Waals surface area contributed by atoms with Gasteiger partial charge in [-0.1, -0.05) is 0 Å². The maximum atomic E-state index is 11.6. The van der Waals surface area contributed by atoms with Gasteiger partial charge in [-0.2, -0.15) is 0 Å². The molecule has 0 aromatic carbocycles. The fourth-order valence-electron chi connectivity index (χ4n) is 1.65. The molecule has 0 amide bonds. The second kappa shape index (κ2) is 5.68. The third-order valence-corrected chi connectivity index (χ3v) is 2.67. The Morgan fingerprint density at radius 3 is 2.94 bits per heavy atom. The highest BCUT2D eigenvalue weighted by atomic mass is 16.6. The van der Waals surface area contributed by atoms with Gasteiger partial charge in [-0.25, -0.2) is 4.79 Å². The molecule has 1 unspecified atom stereocenters. The van der Waals surface area contributed by atoms with Crippen molar-refractivity contribution in [2.45, 2.75) is 13.0 Å². The third-order valence-electron chi connectivity index (χ3n) is 2.67. The van der Waals surface area contributed by atoms with E-state index in [1.165, 1.54) is 13.2 Å². The Morgan fingerprint density at radius 1 is 1.44 bits per heavy atom. The summed E-state index contributed by atoms with van der Waals surface area (Å²) in [6.07, 6.45) is 0.685. The largest absolute Gasteiger partial charge is 0.463 e. The van der Waals surface area contributed by atoms with E-state index in [2.05, 4.69) is 4.74 Å². The third kappa shape index (κ3) is 2.89. The molecule has 6 heteroatoms. The number of furan rings is 1. The monoisotopic (exact) mass is 254 g/mol. The van der Waals surface area contributed by atoms with Gasteiger partial charge in [-0.05, 0) is 18.6 Å². The number of esters is 2. The van der Waals surface area contributed by atoms with Crippen LogP contribution in [0.15, 0.2) is 16.5 Å². The van der Waals surface area contributed by atoms with E-state index in [1.54, 1.807) is 6.07 Å². The number of carbonyl (C=O) groups is 2. The van der Waals surface area contributed by atoms with Gasteiger partial charge in [0, 0.05) is 6.61 Å². The van der Waals surface area contributed by atoms with Gasteiger partial charge in [0.2, 0.25) is 5.76 Å². The van der Waals surface area contributed by atoms with E-state index in [9.17, 15) is 9.59 Å². The van der Waals surface area contributed by atoms with Crippen molar-refractivity contribution in [2.75, 3.05) is 20.3 Å². The average Bonchev–Trinajstić information content (AvgIpc) is 3.05. The van der Waals surface area contributed by atoms with Crippen LogP contribution in [0.1, 0.15) is 22.7 Å². The topological polar surface area (TPSA) is 75.0 Å². The van der Waals surface area contributed by atoms with Crippen LogP contribution in [0.25, 0.3) is 0 Å². The molecule has 2 rings (SSSR count). The van der Waals surface area contributed by atoms with Crippen LogP contribution in [0.4, 0.5) is 0 Å². The van der Waals surface area contributed by atoms with Crippen LogP contribution < -0.4 is 0 Å². The molecule has 1 aromatic heterocycles. The summed E-state index contributed by atoms with van der Waals surface area (Å²) in [5, 5.41) is 0. The lowest BCUT2D eigenvalue weighted by Gasteiger charge is -2.06. The first-order valence-corrected chi connectivity index (χ1v) is 5.62. The molecule has 1 atom stereocenters. The minimum atomic E-state index is -0.559. The van der Waals surface area contributed by atoms with Crippen molar-refractivity contribution in [3.05, 3.63) is 23.7 Å². The van der Waals surface area contributed by atoms with Gasteiger partial charge < -0.3 is 18.6 Å². The summed E-state index contributed by atoms with van der Waals surface area (Å²) in [5.41, 5.74) is 0. The number of carbonyl (C=O) groups excluding carboxylic acids is 2. The Morgan fingerprint density at radius 2 is 2.28 bits per heavy atom. The van der Waals surface area contributed by atoms with E-state index in [0.29, 0.717) is 25.4 Å². The zero-order chi connectivity index (χ0) is 13.0. The first-order chi connectivity index (χ1) is 8.70. The molecule has 0 spiro atoms. The van der Waals surface area contributed by atoms with Gasteiger partial charge in [-0.3, -0.25) is 4.79 Å². The summed E-state index contributed by atoms with van der Waals surface area (Å²) in [4.78, 5) is 22.7. The molecule has 0 aliphatic carbocycles. The van der Waals surface area contributed by atoms with E-state index in [-0.39, 0.29) is 24.3 Å². The van der Waals surface area contributed by atoms with Crippen molar-refractivity contribution in [1.29, 1.82) is 0 Å². The molecule has 6 nitrogen and oxygen atoms in total. The molecule has 18 heavy (non-hydrogen) atoms. The van der Waals surface area contributed by atoms with E-state index in [4.69, 9.17) is 13.9 Å². The van der Waals surface area contributed by atoms with Crippen molar-refractivity contribution in [1.82, 2.24) is 0 Å². The Bertz CT molecular complexity index is 430. The van der Waals surface area contributed by atoms with Crippen LogP contribution in [0.3, 0.4) is 0 Å². The smallest absolute Gasteiger partial charge is 0.373 e. The molecular weight excluding hydrogens is 240 g/mol. The Labute approximate surface area is 104 Å². The average molecular weight is 254 g/mol. The summed E-state index contributed by atoms with van der Waals surface area (Å²) >= 11 is 0. The minimum absolute atomic E-state index is 0.00628. The molecular formula is C12H14O6. The van der Waals surface area contributed by atoms with Crippen molar-refractivity contribution in [3.8, 4) is 0 Å². The maximum Gasteiger partial charge on any atom is 0.373 e. The molecule has 98 valence electrons. The van der Waals surface area contributed by atoms with Crippen LogP contribution in [-0.4, -0.2) is 32.3 Å². The van der Waals surface area contributed by atoms with Gasteiger partial charge in [-0.15, -0.1) is 0 Å². The second-order valence-electron chi connectivity index (χ2n) is 3.93. The lowest BCUT2D eigenvalue weighted by molar-refractivity contribution is -0.150. The summed E-state index contributed by atoms with van der Waals surface area (Å²) < 4.78 is 19.8. The van der Waals surface area contributed by atoms with Crippen LogP contribution in [0.5, 0.6) is 0 Å². The molecule has 2 heterocycles. The van der Waals surface area contributed by atoms with E-state index in [0.717, 1.165) is 0 Å². The predicted molar refractivity (Wildman–Crippen MR) is 58.8 cm³/mol. The van der Waals surface area contributed by atoms with E-state index in [1.807, 2.05) is 0 Å². The molecule has 1 aliphatic rings. The lowest BCUT2D eigenvalue weighted by Crippen LogP contribution is -2.17. The zero-order valence-electron chi connectivity index (χ0n) is 10.0. The van der Waals surface area contributed by atoms with E-state index < -0.39 is 5.97 Å². The molecule has 0 bridgehead atoms. The molecule has 1 aromatic rings. The number of ether oxygens (including phenoxy) is 3. The van der Waals surface area contributed by atoms with Crippen LogP contribution in [0, 0.1) is 5.92 Å². The van der Waals surface area contributed by atoms with Crippen molar-refractivity contribution >= 4 is 11.9 Å². The zero-order valence-corrected chi connectivity index (χ0v) is 10.0. The number of rotatable bonds is 4. The first kappa shape index (κ1) is 12.6. The first-order valence-electron chi connectivity index (χ1n) is 5.62. The number of hydrogen-bond donors (Lipinski definition) is 0. The fraction of sp³-hybridized carbons (Fsp3) is 0.500. The highest BCUT2D eigenvalue weighted by molar-refractivity contribution is 5.86. The molecule has 1 saturated heterocycles. The minimum Gasteiger partial charge on any atom is -0.463 e. The second-order valence-corrected chi connectivity index (χ2v) is 3.93. The SMILES string of the molecule is COC(=O)c1ccc(COC(=O)C2CCOC2)o1. The van der Waals surface area contributed by atoms with Crippen LogP contribution in [-0.2, 0) is 25.6 Å². The highest BCUT2D eigenvalue weighted by Gasteiger charge is 2.25. The Balaban J connectivity index is 1.84. The van der Waals surface area contributed by atoms with Gasteiger partial charge in [0.15, 0.2) is 0 Å². The summed E-state index contributed by atoms with van der Waals surface area (Å²) in [6, 6.07) is 3.05. The van der Waals surface area contributed by atoms with Crippen molar-refractivity contribution in [2.24, 2.45) is 5.92 Å². The van der Waals surface area contributed by atoms with Gasteiger partial charge in [0.25, 0.3) is 0 Å². The highest BCUT2D eigenvalue weighted by Crippen LogP contribution is 2.16. The molecule has 1 aliphatic heterocycles. The normalized spacial score (nSPS) is 18.6. The van der Waals surface area contributed by atoms with E-state index >= 15 is 0 Å². The summed E-state index contributed by atoms with van der Waals surface area (Å²) in [7, 11) is 1.27. The Kier molecular flexibility index (Phi) is 3.99. The summed E-state index contributed by atoms with van der Waals surface area (Å²) in [6.45, 7) is 1.00. The van der Waals surface area contributed by atoms with Crippen LogP contribution >= 0.6 is 0 Å². The van der Waals surface area contributed by atoms with Gasteiger partial charge in [0.05, 0.1) is 19.6 Å².